The molecule has 0 unspecified atom stereocenters. The predicted molar refractivity (Wildman–Crippen MR) is 69.8 cm³/mol. The van der Waals surface area contributed by atoms with Crippen LogP contribution in [0.5, 0.6) is 0 Å². The summed E-state index contributed by atoms with van der Waals surface area (Å²) in [6.07, 6.45) is 0. The molecular formula is C11H26N2OS. The van der Waals surface area contributed by atoms with Crippen molar-refractivity contribution in [2.24, 2.45) is 5.92 Å². The second kappa shape index (κ2) is 10.7. The Morgan fingerprint density at radius 2 is 1.53 bits per heavy atom. The number of hydrogen-bond donors (Lipinski definition) is 3. The van der Waals surface area contributed by atoms with Gasteiger partial charge in [-0.15, -0.1) is 0 Å². The Morgan fingerprint density at radius 1 is 1.00 bits per heavy atom. The lowest BCUT2D eigenvalue weighted by Gasteiger charge is -2.09. The van der Waals surface area contributed by atoms with E-state index in [9.17, 15) is 0 Å². The molecule has 4 heteroatoms. The monoisotopic (exact) mass is 234 g/mol. The van der Waals surface area contributed by atoms with Crippen molar-refractivity contribution >= 4 is 12.6 Å². The van der Waals surface area contributed by atoms with Crippen LogP contribution in [0.3, 0.4) is 0 Å². The van der Waals surface area contributed by atoms with Crippen molar-refractivity contribution in [3.8, 4) is 0 Å². The first-order valence-corrected chi connectivity index (χ1v) is 6.31. The topological polar surface area (TPSA) is 33.3 Å². The predicted octanol–water partition coefficient (Wildman–Crippen LogP) is 1.16. The van der Waals surface area contributed by atoms with E-state index in [1.54, 1.807) is 0 Å². The van der Waals surface area contributed by atoms with E-state index in [1.165, 1.54) is 0 Å². The van der Waals surface area contributed by atoms with Crippen molar-refractivity contribution in [1.82, 2.24) is 10.6 Å². The maximum Gasteiger partial charge on any atom is 0.0591 e. The van der Waals surface area contributed by atoms with Gasteiger partial charge < -0.3 is 15.4 Å². The fraction of sp³-hybridized carbons (Fsp3) is 1.00. The lowest BCUT2D eigenvalue weighted by atomic mass is 10.2. The van der Waals surface area contributed by atoms with Gasteiger partial charge in [-0.05, 0) is 12.5 Å². The minimum atomic E-state index is 0.415. The van der Waals surface area contributed by atoms with E-state index in [4.69, 9.17) is 4.74 Å². The van der Waals surface area contributed by atoms with E-state index in [0.29, 0.717) is 11.2 Å². The standard InChI is InChI=1S/C11H26N2OS/c1-10(2)8-12-4-6-14-7-5-13-9-11(3)15/h10-13,15H,4-9H2,1-3H3/t11-/m0/s1. The molecule has 0 aromatic rings. The molecule has 0 saturated heterocycles. The molecule has 0 saturated carbocycles. The number of rotatable bonds is 10. The van der Waals surface area contributed by atoms with Gasteiger partial charge in [-0.25, -0.2) is 0 Å². The highest BCUT2D eigenvalue weighted by molar-refractivity contribution is 7.80. The number of ether oxygens (including phenoxy) is 1. The van der Waals surface area contributed by atoms with Gasteiger partial charge in [0.15, 0.2) is 0 Å². The molecule has 0 aromatic heterocycles. The molecule has 0 fully saturated rings. The first-order valence-electron chi connectivity index (χ1n) is 5.80. The van der Waals surface area contributed by atoms with Gasteiger partial charge in [0.25, 0.3) is 0 Å². The summed E-state index contributed by atoms with van der Waals surface area (Å²) in [6, 6.07) is 0. The summed E-state index contributed by atoms with van der Waals surface area (Å²) >= 11 is 4.28. The van der Waals surface area contributed by atoms with Crippen LogP contribution in [0.4, 0.5) is 0 Å². The summed E-state index contributed by atoms with van der Waals surface area (Å²) in [5.74, 6) is 0.712. The molecule has 0 aliphatic heterocycles. The maximum absolute atomic E-state index is 5.45. The molecule has 0 bridgehead atoms. The summed E-state index contributed by atoms with van der Waals surface area (Å²) in [6.45, 7) is 11.9. The van der Waals surface area contributed by atoms with Crippen molar-refractivity contribution in [2.45, 2.75) is 26.0 Å². The zero-order valence-electron chi connectivity index (χ0n) is 10.3. The molecule has 1 atom stereocenters. The van der Waals surface area contributed by atoms with E-state index >= 15 is 0 Å². The van der Waals surface area contributed by atoms with Gasteiger partial charge >= 0.3 is 0 Å². The molecule has 0 heterocycles. The quantitative estimate of drug-likeness (QED) is 0.392. The molecule has 92 valence electrons. The third-order valence-electron chi connectivity index (χ3n) is 1.84. The van der Waals surface area contributed by atoms with Crippen molar-refractivity contribution in [3.05, 3.63) is 0 Å². The van der Waals surface area contributed by atoms with E-state index in [0.717, 1.165) is 39.4 Å². The van der Waals surface area contributed by atoms with Crippen molar-refractivity contribution < 1.29 is 4.74 Å². The Bertz CT molecular complexity index is 118. The summed E-state index contributed by atoms with van der Waals surface area (Å²) in [4.78, 5) is 0. The van der Waals surface area contributed by atoms with Crippen molar-refractivity contribution in [3.63, 3.8) is 0 Å². The summed E-state index contributed by atoms with van der Waals surface area (Å²) in [5, 5.41) is 7.02. The summed E-state index contributed by atoms with van der Waals surface area (Å²) < 4.78 is 5.45. The number of thiol groups is 1. The fourth-order valence-electron chi connectivity index (χ4n) is 1.09. The molecule has 15 heavy (non-hydrogen) atoms. The minimum Gasteiger partial charge on any atom is -0.379 e. The second-order valence-electron chi connectivity index (χ2n) is 4.26. The van der Waals surface area contributed by atoms with E-state index in [1.807, 2.05) is 0 Å². The SMILES string of the molecule is CC(C)CNCCOCCNC[C@H](C)S. The van der Waals surface area contributed by atoms with Gasteiger partial charge in [0.2, 0.25) is 0 Å². The molecule has 0 spiro atoms. The van der Waals surface area contributed by atoms with Crippen LogP contribution >= 0.6 is 12.6 Å². The van der Waals surface area contributed by atoms with Gasteiger partial charge in [0, 0.05) is 24.9 Å². The van der Waals surface area contributed by atoms with Crippen LogP contribution in [0.15, 0.2) is 0 Å². The molecule has 3 nitrogen and oxygen atoms in total. The van der Waals surface area contributed by atoms with Crippen LogP contribution in [0.1, 0.15) is 20.8 Å². The third kappa shape index (κ3) is 14.2. The zero-order chi connectivity index (χ0) is 11.5. The Hall–Kier alpha value is 0.230. The maximum atomic E-state index is 5.45. The molecule has 2 N–H and O–H groups in total. The average molecular weight is 234 g/mol. The highest BCUT2D eigenvalue weighted by Crippen LogP contribution is 1.88. The van der Waals surface area contributed by atoms with E-state index in [-0.39, 0.29) is 0 Å². The minimum absolute atomic E-state index is 0.415. The van der Waals surface area contributed by atoms with Gasteiger partial charge in [0.1, 0.15) is 0 Å². The zero-order valence-corrected chi connectivity index (χ0v) is 11.1. The summed E-state index contributed by atoms with van der Waals surface area (Å²) in [5.41, 5.74) is 0. The molecule has 0 aliphatic carbocycles. The van der Waals surface area contributed by atoms with Crippen molar-refractivity contribution in [1.29, 1.82) is 0 Å². The molecule has 0 radical (unpaired) electrons. The van der Waals surface area contributed by atoms with Crippen LogP contribution in [-0.2, 0) is 4.74 Å². The first kappa shape index (κ1) is 15.2. The van der Waals surface area contributed by atoms with Gasteiger partial charge in [0.05, 0.1) is 13.2 Å². The molecule has 0 amide bonds. The summed E-state index contributed by atoms with van der Waals surface area (Å²) in [7, 11) is 0. The molecule has 0 aliphatic rings. The van der Waals surface area contributed by atoms with E-state index in [2.05, 4.69) is 44.0 Å². The average Bonchev–Trinajstić information content (AvgIpc) is 2.14. The highest BCUT2D eigenvalue weighted by Gasteiger charge is 1.94. The smallest absolute Gasteiger partial charge is 0.0591 e. The Balaban J connectivity index is 2.93. The fourth-order valence-corrected chi connectivity index (χ4v) is 1.22. The van der Waals surface area contributed by atoms with Gasteiger partial charge in [-0.2, -0.15) is 12.6 Å². The Labute approximate surface area is 99.8 Å². The van der Waals surface area contributed by atoms with Crippen LogP contribution in [-0.4, -0.2) is 44.6 Å². The molecule has 0 rings (SSSR count). The van der Waals surface area contributed by atoms with Crippen LogP contribution in [0.25, 0.3) is 0 Å². The van der Waals surface area contributed by atoms with E-state index < -0.39 is 0 Å². The van der Waals surface area contributed by atoms with Gasteiger partial charge in [-0.3, -0.25) is 0 Å². The van der Waals surface area contributed by atoms with Crippen molar-refractivity contribution in [2.75, 3.05) is 39.4 Å². The highest BCUT2D eigenvalue weighted by atomic mass is 32.1. The second-order valence-corrected chi connectivity index (χ2v) is 5.15. The van der Waals surface area contributed by atoms with Crippen LogP contribution in [0, 0.1) is 5.92 Å². The van der Waals surface area contributed by atoms with Crippen LogP contribution < -0.4 is 10.6 Å². The normalized spacial score (nSPS) is 13.4. The Kier molecular flexibility index (Phi) is 10.9. The molecular weight excluding hydrogens is 208 g/mol. The first-order chi connectivity index (χ1) is 7.13. The largest absolute Gasteiger partial charge is 0.379 e. The number of hydrogen-bond acceptors (Lipinski definition) is 4. The van der Waals surface area contributed by atoms with Crippen LogP contribution in [0.2, 0.25) is 0 Å². The molecule has 0 aromatic carbocycles. The Morgan fingerprint density at radius 3 is 2.00 bits per heavy atom. The lowest BCUT2D eigenvalue weighted by Crippen LogP contribution is -2.28. The van der Waals surface area contributed by atoms with Gasteiger partial charge in [-0.1, -0.05) is 20.8 Å². The number of nitrogens with one attached hydrogen (secondary N) is 2. The third-order valence-corrected chi connectivity index (χ3v) is 2.02. The lowest BCUT2D eigenvalue weighted by molar-refractivity contribution is 0.137.